The molecule has 0 aliphatic heterocycles. The maximum absolute atomic E-state index is 10.5. The minimum atomic E-state index is -3.44. The lowest BCUT2D eigenvalue weighted by Gasteiger charge is -2.10. The zero-order chi connectivity index (χ0) is 11.4. The lowest BCUT2D eigenvalue weighted by atomic mass is 10.6. The van der Waals surface area contributed by atoms with E-state index in [9.17, 15) is 18.0 Å². The van der Waals surface area contributed by atoms with Gasteiger partial charge in [-0.15, -0.1) is 0 Å². The van der Waals surface area contributed by atoms with E-state index in [-0.39, 0.29) is 6.54 Å². The van der Waals surface area contributed by atoms with Crippen LogP contribution < -0.4 is 10.5 Å². The first-order valence-corrected chi connectivity index (χ1v) is 5.25. The molecule has 0 aliphatic rings. The zero-order valence-corrected chi connectivity index (χ0v) is 8.08. The summed E-state index contributed by atoms with van der Waals surface area (Å²) >= 11 is 0. The molecular weight excluding hydrogens is 216 g/mol. The number of carboxylic acid groups (broad SMARTS) is 1. The number of carbonyl (C=O) groups excluding carboxylic acids is 1. The molecule has 9 heteroatoms. The molecule has 0 radical (unpaired) electrons. The highest BCUT2D eigenvalue weighted by atomic mass is 32.2. The quantitative estimate of drug-likeness (QED) is 0.272. The Balaban J connectivity index is 3.94. The van der Waals surface area contributed by atoms with Crippen molar-refractivity contribution < 1.29 is 27.9 Å². The fourth-order valence-electron chi connectivity index (χ4n) is 0.463. The second-order valence-electron chi connectivity index (χ2n) is 2.37. The zero-order valence-electron chi connectivity index (χ0n) is 7.26. The number of rotatable bonds is 4. The van der Waals surface area contributed by atoms with Crippen LogP contribution in [-0.2, 0) is 24.3 Å². The van der Waals surface area contributed by atoms with Crippen molar-refractivity contribution in [3.8, 4) is 0 Å². The maximum atomic E-state index is 10.5. The molecule has 1 atom stereocenters. The third kappa shape index (κ3) is 6.34. The predicted molar refractivity (Wildman–Crippen MR) is 44.5 cm³/mol. The molecule has 4 N–H and O–H groups in total. The van der Waals surface area contributed by atoms with Gasteiger partial charge < -0.3 is 9.84 Å². The van der Waals surface area contributed by atoms with Crippen molar-refractivity contribution in [1.29, 1.82) is 0 Å². The van der Waals surface area contributed by atoms with Crippen molar-refractivity contribution in [3.63, 3.8) is 0 Å². The largest absolute Gasteiger partial charge is 0.473 e. The van der Waals surface area contributed by atoms with Crippen LogP contribution in [0.15, 0.2) is 0 Å². The van der Waals surface area contributed by atoms with Crippen molar-refractivity contribution in [2.24, 2.45) is 5.73 Å². The minimum Gasteiger partial charge on any atom is -0.473 e. The van der Waals surface area contributed by atoms with Crippen molar-refractivity contribution in [3.05, 3.63) is 0 Å². The summed E-state index contributed by atoms with van der Waals surface area (Å²) in [5, 5.41) is 8.09. The van der Waals surface area contributed by atoms with Crippen LogP contribution in [-0.4, -0.2) is 44.5 Å². The Morgan fingerprint density at radius 2 is 2.07 bits per heavy atom. The lowest BCUT2D eigenvalue weighted by molar-refractivity contribution is -0.167. The average Bonchev–Trinajstić information content (AvgIpc) is 1.99. The van der Waals surface area contributed by atoms with Gasteiger partial charge in [-0.05, 0) is 0 Å². The van der Waals surface area contributed by atoms with Gasteiger partial charge in [0, 0.05) is 0 Å². The number of ether oxygens (including phenoxy) is 1. The van der Waals surface area contributed by atoms with E-state index in [0.29, 0.717) is 0 Å². The van der Waals surface area contributed by atoms with Crippen molar-refractivity contribution >= 4 is 22.0 Å². The molecular formula is C5H10N2O6S. The predicted octanol–water partition coefficient (Wildman–Crippen LogP) is -2.55. The molecule has 8 nitrogen and oxygen atoms in total. The van der Waals surface area contributed by atoms with Crippen LogP contribution in [0.3, 0.4) is 0 Å². The normalized spacial score (nSPS) is 13.3. The maximum Gasteiger partial charge on any atom is 0.418 e. The summed E-state index contributed by atoms with van der Waals surface area (Å²) in [5.41, 5.74) is 5.09. The fourth-order valence-corrected chi connectivity index (χ4v) is 0.930. The summed E-state index contributed by atoms with van der Waals surface area (Å²) in [5.74, 6) is -3.33. The van der Waals surface area contributed by atoms with Crippen LogP contribution in [0.25, 0.3) is 0 Å². The highest BCUT2D eigenvalue weighted by molar-refractivity contribution is 7.88. The molecule has 0 aromatic rings. The van der Waals surface area contributed by atoms with Crippen molar-refractivity contribution in [1.82, 2.24) is 4.72 Å². The highest BCUT2D eigenvalue weighted by Crippen LogP contribution is 1.85. The number of hydrogen-bond donors (Lipinski definition) is 3. The molecule has 1 unspecified atom stereocenters. The van der Waals surface area contributed by atoms with Crippen LogP contribution in [0.5, 0.6) is 0 Å². The number of carbonyl (C=O) groups is 2. The van der Waals surface area contributed by atoms with Gasteiger partial charge in [0.2, 0.25) is 10.0 Å². The Kier molecular flexibility index (Phi) is 4.47. The van der Waals surface area contributed by atoms with Crippen LogP contribution in [0.4, 0.5) is 0 Å². The minimum absolute atomic E-state index is 0.377. The van der Waals surface area contributed by atoms with Gasteiger partial charge in [0.25, 0.3) is 0 Å². The third-order valence-electron chi connectivity index (χ3n) is 0.980. The van der Waals surface area contributed by atoms with Gasteiger partial charge in [-0.1, -0.05) is 0 Å². The van der Waals surface area contributed by atoms with Crippen LogP contribution in [0, 0.1) is 0 Å². The monoisotopic (exact) mass is 226 g/mol. The number of sulfonamides is 1. The summed E-state index contributed by atoms with van der Waals surface area (Å²) < 4.78 is 27.1. The molecule has 0 saturated heterocycles. The van der Waals surface area contributed by atoms with Crippen molar-refractivity contribution in [2.75, 3.05) is 12.8 Å². The van der Waals surface area contributed by atoms with Crippen LogP contribution in [0.2, 0.25) is 0 Å². The first kappa shape index (κ1) is 12.8. The van der Waals surface area contributed by atoms with Gasteiger partial charge in [0.15, 0.2) is 6.23 Å². The molecule has 0 spiro atoms. The topological polar surface area (TPSA) is 136 Å². The number of nitrogens with two attached hydrogens (primary N) is 1. The lowest BCUT2D eigenvalue weighted by Crippen LogP contribution is -2.41. The molecule has 0 aromatic carbocycles. The summed E-state index contributed by atoms with van der Waals surface area (Å²) in [6, 6.07) is 0. The van der Waals surface area contributed by atoms with E-state index in [1.165, 1.54) is 0 Å². The molecule has 14 heavy (non-hydrogen) atoms. The molecule has 0 aliphatic carbocycles. The van der Waals surface area contributed by atoms with E-state index in [0.717, 1.165) is 6.26 Å². The van der Waals surface area contributed by atoms with Gasteiger partial charge in [0.05, 0.1) is 12.8 Å². The Morgan fingerprint density at radius 3 is 2.43 bits per heavy atom. The Labute approximate surface area is 80.1 Å². The van der Waals surface area contributed by atoms with E-state index in [2.05, 4.69) is 4.74 Å². The molecule has 0 amide bonds. The van der Waals surface area contributed by atoms with E-state index >= 15 is 0 Å². The summed E-state index contributed by atoms with van der Waals surface area (Å²) in [7, 11) is -3.44. The number of carboxylic acids is 1. The molecule has 0 fully saturated rings. The molecule has 82 valence electrons. The number of esters is 1. The van der Waals surface area contributed by atoms with Gasteiger partial charge >= 0.3 is 11.9 Å². The SMILES string of the molecule is CS(=O)(=O)NCC(N)OC(=O)C(=O)O. The van der Waals surface area contributed by atoms with Gasteiger partial charge in [-0.3, -0.25) is 5.73 Å². The first-order chi connectivity index (χ1) is 6.22. The van der Waals surface area contributed by atoms with Crippen LogP contribution in [0.1, 0.15) is 0 Å². The number of nitrogens with one attached hydrogen (secondary N) is 1. The smallest absolute Gasteiger partial charge is 0.418 e. The number of hydrogen-bond acceptors (Lipinski definition) is 6. The van der Waals surface area contributed by atoms with Crippen molar-refractivity contribution in [2.45, 2.75) is 6.23 Å². The van der Waals surface area contributed by atoms with E-state index in [1.807, 2.05) is 4.72 Å². The van der Waals surface area contributed by atoms with Gasteiger partial charge in [0.1, 0.15) is 0 Å². The standard InChI is InChI=1S/C5H10N2O6S/c1-14(11,12)7-2-3(6)13-5(10)4(8)9/h3,7H,2,6H2,1H3,(H,8,9). The second-order valence-corrected chi connectivity index (χ2v) is 4.20. The molecule has 0 aromatic heterocycles. The number of aliphatic carboxylic acids is 1. The van der Waals surface area contributed by atoms with E-state index < -0.39 is 28.2 Å². The second kappa shape index (κ2) is 4.88. The Hall–Kier alpha value is -1.19. The summed E-state index contributed by atoms with van der Waals surface area (Å²) in [4.78, 5) is 20.4. The Morgan fingerprint density at radius 1 is 1.57 bits per heavy atom. The van der Waals surface area contributed by atoms with E-state index in [4.69, 9.17) is 10.8 Å². The fraction of sp³-hybridized carbons (Fsp3) is 0.600. The van der Waals surface area contributed by atoms with E-state index in [1.54, 1.807) is 0 Å². The van der Waals surface area contributed by atoms with Gasteiger partial charge in [-0.25, -0.2) is 22.7 Å². The molecule has 0 saturated carbocycles. The highest BCUT2D eigenvalue weighted by Gasteiger charge is 2.17. The summed E-state index contributed by atoms with van der Waals surface area (Å²) in [6.07, 6.45) is -0.438. The first-order valence-electron chi connectivity index (χ1n) is 3.36. The van der Waals surface area contributed by atoms with Crippen LogP contribution >= 0.6 is 0 Å². The third-order valence-corrected chi connectivity index (χ3v) is 1.67. The molecule has 0 bridgehead atoms. The molecule has 0 rings (SSSR count). The Bertz CT molecular complexity index is 323. The average molecular weight is 226 g/mol. The summed E-state index contributed by atoms with van der Waals surface area (Å²) in [6.45, 7) is -0.377. The van der Waals surface area contributed by atoms with Gasteiger partial charge in [-0.2, -0.15) is 0 Å². The molecule has 0 heterocycles.